The van der Waals surface area contributed by atoms with Crippen molar-refractivity contribution in [2.24, 2.45) is 23.7 Å². The highest BCUT2D eigenvalue weighted by molar-refractivity contribution is 4.87. The minimum atomic E-state index is -2.09. The zero-order chi connectivity index (χ0) is 12.3. The van der Waals surface area contributed by atoms with E-state index in [1.54, 1.807) is 0 Å². The van der Waals surface area contributed by atoms with Gasteiger partial charge in [0.05, 0.1) is 0 Å². The predicted molar refractivity (Wildman–Crippen MR) is 67.1 cm³/mol. The Labute approximate surface area is 103 Å². The van der Waals surface area contributed by atoms with Crippen molar-refractivity contribution < 1.29 is 8.78 Å². The number of allylic oxidation sites excluding steroid dienone is 1. The zero-order valence-corrected chi connectivity index (χ0v) is 10.6. The second-order valence-electron chi connectivity index (χ2n) is 5.92. The molecule has 0 bridgehead atoms. The Bertz CT molecular complexity index is 233. The van der Waals surface area contributed by atoms with Gasteiger partial charge in [-0.3, -0.25) is 0 Å². The van der Waals surface area contributed by atoms with Gasteiger partial charge in [-0.1, -0.05) is 6.08 Å². The molecule has 0 saturated heterocycles. The molecule has 0 atom stereocenters. The fourth-order valence-corrected chi connectivity index (χ4v) is 3.72. The molecule has 0 aromatic rings. The Balaban J connectivity index is 1.76. The lowest BCUT2D eigenvalue weighted by atomic mass is 9.69. The summed E-state index contributed by atoms with van der Waals surface area (Å²) in [5.74, 6) is 1.94. The average Bonchev–Trinajstić information content (AvgIpc) is 2.39. The summed E-state index contributed by atoms with van der Waals surface area (Å²) in [6.07, 6.45) is 8.70. The molecule has 0 aromatic carbocycles. The van der Waals surface area contributed by atoms with E-state index < -0.39 is 6.43 Å². The molecule has 17 heavy (non-hydrogen) atoms. The van der Waals surface area contributed by atoms with E-state index in [0.717, 1.165) is 37.5 Å². The molecule has 0 aromatic heterocycles. The molecular formula is C15H24F2. The lowest BCUT2D eigenvalue weighted by molar-refractivity contribution is 0.0349. The highest BCUT2D eigenvalue weighted by atomic mass is 19.3. The summed E-state index contributed by atoms with van der Waals surface area (Å²) in [6.45, 7) is 3.87. The summed E-state index contributed by atoms with van der Waals surface area (Å²) in [7, 11) is 0. The summed E-state index contributed by atoms with van der Waals surface area (Å²) < 4.78 is 25.2. The standard InChI is InChI=1S/C15H24F2/c1-2-11-3-5-12(6-4-11)13-7-9-14(10-8-13)15(16)17/h2,11-15H,1,3-10H2. The van der Waals surface area contributed by atoms with Gasteiger partial charge < -0.3 is 0 Å². The molecule has 0 unspecified atom stereocenters. The van der Waals surface area contributed by atoms with Crippen LogP contribution in [0.1, 0.15) is 51.4 Å². The maximum absolute atomic E-state index is 12.6. The monoisotopic (exact) mass is 242 g/mol. The normalized spacial score (nSPS) is 39.2. The van der Waals surface area contributed by atoms with Crippen LogP contribution in [0.4, 0.5) is 8.78 Å². The number of hydrogen-bond acceptors (Lipinski definition) is 0. The molecule has 98 valence electrons. The van der Waals surface area contributed by atoms with Gasteiger partial charge >= 0.3 is 0 Å². The third kappa shape index (κ3) is 3.29. The van der Waals surface area contributed by atoms with Crippen molar-refractivity contribution in [3.63, 3.8) is 0 Å². The average molecular weight is 242 g/mol. The Morgan fingerprint density at radius 2 is 1.29 bits per heavy atom. The van der Waals surface area contributed by atoms with Crippen LogP contribution in [0.25, 0.3) is 0 Å². The van der Waals surface area contributed by atoms with Crippen LogP contribution in [0.3, 0.4) is 0 Å². The summed E-state index contributed by atoms with van der Waals surface area (Å²) in [4.78, 5) is 0. The third-order valence-electron chi connectivity index (χ3n) is 4.99. The molecule has 2 aliphatic rings. The van der Waals surface area contributed by atoms with Crippen LogP contribution in [0, 0.1) is 23.7 Å². The molecule has 2 fully saturated rings. The summed E-state index contributed by atoms with van der Waals surface area (Å²) in [6, 6.07) is 0. The summed E-state index contributed by atoms with van der Waals surface area (Å²) in [5.41, 5.74) is 0. The van der Waals surface area contributed by atoms with Gasteiger partial charge in [0, 0.05) is 5.92 Å². The van der Waals surface area contributed by atoms with E-state index in [2.05, 4.69) is 12.7 Å². The maximum atomic E-state index is 12.6. The molecule has 0 amide bonds. The second kappa shape index (κ2) is 5.97. The Kier molecular flexibility index (Phi) is 4.58. The zero-order valence-electron chi connectivity index (χ0n) is 10.6. The SMILES string of the molecule is C=CC1CCC(C2CCC(C(F)F)CC2)CC1. The fourth-order valence-electron chi connectivity index (χ4n) is 3.72. The molecule has 0 heterocycles. The van der Waals surface area contributed by atoms with Crippen LogP contribution < -0.4 is 0 Å². The van der Waals surface area contributed by atoms with Gasteiger partial charge in [0.2, 0.25) is 6.43 Å². The summed E-state index contributed by atoms with van der Waals surface area (Å²) in [5, 5.41) is 0. The minimum Gasteiger partial charge on any atom is -0.210 e. The molecule has 0 N–H and O–H groups in total. The number of alkyl halides is 2. The van der Waals surface area contributed by atoms with Crippen molar-refractivity contribution in [1.29, 1.82) is 0 Å². The second-order valence-corrected chi connectivity index (χ2v) is 5.92. The first-order valence-corrected chi connectivity index (χ1v) is 7.11. The van der Waals surface area contributed by atoms with Crippen LogP contribution in [0.5, 0.6) is 0 Å². The van der Waals surface area contributed by atoms with E-state index in [-0.39, 0.29) is 5.92 Å². The van der Waals surface area contributed by atoms with Crippen LogP contribution in [-0.2, 0) is 0 Å². The topological polar surface area (TPSA) is 0 Å². The van der Waals surface area contributed by atoms with E-state index in [1.807, 2.05) is 0 Å². The molecule has 0 spiro atoms. The van der Waals surface area contributed by atoms with E-state index in [9.17, 15) is 8.78 Å². The fraction of sp³-hybridized carbons (Fsp3) is 0.867. The molecule has 0 nitrogen and oxygen atoms in total. The van der Waals surface area contributed by atoms with Crippen LogP contribution in [0.2, 0.25) is 0 Å². The quantitative estimate of drug-likeness (QED) is 0.607. The molecule has 2 aliphatic carbocycles. The Morgan fingerprint density at radius 3 is 1.71 bits per heavy atom. The first-order valence-electron chi connectivity index (χ1n) is 7.11. The van der Waals surface area contributed by atoms with Gasteiger partial charge in [0.15, 0.2) is 0 Å². The Morgan fingerprint density at radius 1 is 0.824 bits per heavy atom. The highest BCUT2D eigenvalue weighted by Crippen LogP contribution is 2.42. The molecule has 2 rings (SSSR count). The van der Waals surface area contributed by atoms with Crippen molar-refractivity contribution in [3.05, 3.63) is 12.7 Å². The molecular weight excluding hydrogens is 218 g/mol. The predicted octanol–water partition coefficient (Wildman–Crippen LogP) is 5.05. The summed E-state index contributed by atoms with van der Waals surface area (Å²) >= 11 is 0. The van der Waals surface area contributed by atoms with Crippen molar-refractivity contribution in [1.82, 2.24) is 0 Å². The van der Waals surface area contributed by atoms with Gasteiger partial charge in [-0.2, -0.15) is 0 Å². The molecule has 0 aliphatic heterocycles. The largest absolute Gasteiger partial charge is 0.241 e. The lowest BCUT2D eigenvalue weighted by Crippen LogP contribution is -2.27. The molecule has 2 saturated carbocycles. The number of hydrogen-bond donors (Lipinski definition) is 0. The van der Waals surface area contributed by atoms with Gasteiger partial charge in [-0.15, -0.1) is 6.58 Å². The third-order valence-corrected chi connectivity index (χ3v) is 4.99. The number of rotatable bonds is 3. The van der Waals surface area contributed by atoms with E-state index >= 15 is 0 Å². The lowest BCUT2D eigenvalue weighted by Gasteiger charge is -2.37. The van der Waals surface area contributed by atoms with Crippen molar-refractivity contribution in [2.45, 2.75) is 57.8 Å². The van der Waals surface area contributed by atoms with Crippen molar-refractivity contribution >= 4 is 0 Å². The van der Waals surface area contributed by atoms with Gasteiger partial charge in [0.25, 0.3) is 0 Å². The Hall–Kier alpha value is -0.400. The van der Waals surface area contributed by atoms with Crippen molar-refractivity contribution in [3.8, 4) is 0 Å². The van der Waals surface area contributed by atoms with Crippen LogP contribution >= 0.6 is 0 Å². The number of halogens is 2. The van der Waals surface area contributed by atoms with Gasteiger partial charge in [0.1, 0.15) is 0 Å². The van der Waals surface area contributed by atoms with E-state index in [1.165, 1.54) is 25.7 Å². The highest BCUT2D eigenvalue weighted by Gasteiger charge is 2.32. The first-order chi connectivity index (χ1) is 8.20. The van der Waals surface area contributed by atoms with Crippen molar-refractivity contribution in [2.75, 3.05) is 0 Å². The maximum Gasteiger partial charge on any atom is 0.241 e. The first kappa shape index (κ1) is 13.0. The van der Waals surface area contributed by atoms with E-state index in [0.29, 0.717) is 5.92 Å². The molecule has 2 heteroatoms. The minimum absolute atomic E-state index is 0.309. The van der Waals surface area contributed by atoms with Crippen LogP contribution in [-0.4, -0.2) is 6.43 Å². The van der Waals surface area contributed by atoms with Crippen LogP contribution in [0.15, 0.2) is 12.7 Å². The van der Waals surface area contributed by atoms with E-state index in [4.69, 9.17) is 0 Å². The van der Waals surface area contributed by atoms with Gasteiger partial charge in [-0.25, -0.2) is 8.78 Å². The molecule has 0 radical (unpaired) electrons. The smallest absolute Gasteiger partial charge is 0.210 e. The van der Waals surface area contributed by atoms with Gasteiger partial charge in [-0.05, 0) is 69.1 Å².